The maximum atomic E-state index is 13.6. The van der Waals surface area contributed by atoms with Gasteiger partial charge in [0.2, 0.25) is 47.3 Å². The van der Waals surface area contributed by atoms with Crippen LogP contribution in [0.1, 0.15) is 130 Å². The lowest BCUT2D eigenvalue weighted by molar-refractivity contribution is -0.147. The summed E-state index contributed by atoms with van der Waals surface area (Å²) in [5.41, 5.74) is 2.52. The zero-order valence-corrected chi connectivity index (χ0v) is 50.4. The Morgan fingerprint density at radius 1 is 0.512 bits per heavy atom. The molecule has 0 aliphatic rings. The number of hydrogen-bond acceptors (Lipinski definition) is 13. The van der Waals surface area contributed by atoms with E-state index in [9.17, 15) is 63.3 Å². The molecule has 8 amide bonds. The van der Waals surface area contributed by atoms with Crippen LogP contribution in [-0.2, 0) is 60.8 Å². The van der Waals surface area contributed by atoms with Gasteiger partial charge in [-0.1, -0.05) is 110 Å². The Morgan fingerprint density at radius 3 is 1.11 bits per heavy atom. The summed E-state index contributed by atoms with van der Waals surface area (Å²) in [5.74, 6) is -4.64. The van der Waals surface area contributed by atoms with Crippen molar-refractivity contribution in [2.24, 2.45) is 23.7 Å². The van der Waals surface area contributed by atoms with Crippen molar-refractivity contribution in [3.8, 4) is 5.75 Å². The maximum Gasteiger partial charge on any atom is 0.249 e. The van der Waals surface area contributed by atoms with E-state index in [1.807, 2.05) is 86.6 Å². The van der Waals surface area contributed by atoms with E-state index in [-0.39, 0.29) is 81.2 Å². The molecule has 7 N–H and O–H groups in total. The van der Waals surface area contributed by atoms with Crippen LogP contribution >= 0.6 is 0 Å². The van der Waals surface area contributed by atoms with Crippen molar-refractivity contribution in [1.29, 1.82) is 0 Å². The van der Waals surface area contributed by atoms with Gasteiger partial charge in [0.05, 0.1) is 25.2 Å². The van der Waals surface area contributed by atoms with Gasteiger partial charge in [-0.3, -0.25) is 47.9 Å². The van der Waals surface area contributed by atoms with E-state index in [1.165, 1.54) is 87.6 Å². The van der Waals surface area contributed by atoms with Gasteiger partial charge in [0.25, 0.3) is 0 Å². The molecular weight excluding hydrogens is 1030 g/mol. The van der Waals surface area contributed by atoms with Gasteiger partial charge >= 0.3 is 0 Å². The van der Waals surface area contributed by atoms with Gasteiger partial charge in [-0.2, -0.15) is 0 Å². The van der Waals surface area contributed by atoms with E-state index >= 15 is 0 Å². The Labute approximate surface area is 478 Å². The Bertz CT molecular complexity index is 2240. The van der Waals surface area contributed by atoms with Gasteiger partial charge in [-0.25, -0.2) is 0 Å². The van der Waals surface area contributed by atoms with Crippen molar-refractivity contribution in [1.82, 2.24) is 40.9 Å². The summed E-state index contributed by atoms with van der Waals surface area (Å²) in [6.45, 7) is 22.2. The number of Topliss-reactive ketones (excluding diaryl/α,β-unsaturated/α-hetero) is 2. The molecule has 2 unspecified atom stereocenters. The van der Waals surface area contributed by atoms with Crippen LogP contribution < -0.4 is 21.3 Å². The number of rotatable bonds is 30. The first kappa shape index (κ1) is 69.4. The number of ketones is 2. The van der Waals surface area contributed by atoms with Gasteiger partial charge in [-0.05, 0) is 94.4 Å². The van der Waals surface area contributed by atoms with Gasteiger partial charge in [-0.15, -0.1) is 0 Å². The summed E-state index contributed by atoms with van der Waals surface area (Å²) in [5, 5.41) is 40.3. The van der Waals surface area contributed by atoms with E-state index in [0.29, 0.717) is 18.4 Å². The molecule has 80 heavy (non-hydrogen) atoms. The predicted molar refractivity (Wildman–Crippen MR) is 310 cm³/mol. The highest BCUT2D eigenvalue weighted by molar-refractivity contribution is 5.96. The van der Waals surface area contributed by atoms with Crippen molar-refractivity contribution in [2.45, 2.75) is 177 Å². The molecule has 452 valence electrons. The van der Waals surface area contributed by atoms with Crippen LogP contribution in [0.5, 0.6) is 5.75 Å². The molecule has 2 aromatic carbocycles. The van der Waals surface area contributed by atoms with Crippen LogP contribution in [0.3, 0.4) is 0 Å². The second-order valence-corrected chi connectivity index (χ2v) is 22.2. The average molecular weight is 1130 g/mol. The minimum Gasteiger partial charge on any atom is -0.508 e. The number of nitrogens with one attached hydrogen (secondary N) is 4. The highest BCUT2D eigenvalue weighted by Crippen LogP contribution is 2.18. The highest BCUT2D eigenvalue weighted by atomic mass is 16.3. The second-order valence-electron chi connectivity index (χ2n) is 22.2. The fraction of sp³-hybridized carbons (Fsp3) is 0.627. The molecule has 0 fully saturated rings. The number of aromatic hydroxyl groups is 1. The van der Waals surface area contributed by atoms with Crippen LogP contribution in [-0.4, -0.2) is 183 Å². The Morgan fingerprint density at radius 2 is 0.825 bits per heavy atom. The number of likely N-dealkylation sites (N-methyl/N-ethyl adjacent to an activating group) is 4. The molecule has 0 aliphatic heterocycles. The highest BCUT2D eigenvalue weighted by Gasteiger charge is 2.36. The lowest BCUT2D eigenvalue weighted by atomic mass is 9.96. The van der Waals surface area contributed by atoms with Crippen molar-refractivity contribution >= 4 is 58.8 Å². The summed E-state index contributed by atoms with van der Waals surface area (Å²) in [4.78, 5) is 133. The van der Waals surface area contributed by atoms with Gasteiger partial charge in [0, 0.05) is 45.4 Å². The molecular formula is C59H98N8O13. The molecule has 10 atom stereocenters. The summed E-state index contributed by atoms with van der Waals surface area (Å²) in [6, 6.07) is 8.37. The number of aryl methyl sites for hydroxylation is 1. The van der Waals surface area contributed by atoms with E-state index in [1.54, 1.807) is 12.1 Å². The third kappa shape index (κ3) is 23.9. The fourth-order valence-electron chi connectivity index (χ4n) is 8.64. The lowest BCUT2D eigenvalue weighted by Crippen LogP contribution is -2.56. The molecule has 0 heterocycles. The SMILES string of the molecule is CCC(C)[C@H](NC(=O)CN(C)C(=O)[C@@H](Cc1ccc(C)cc1)N(C)C(=O)[C@H](C)NC(=O)[C@H](O)CC(C)C)C(C)=O.CCC(C)[C@H](NC(=O)CN(C)C(=O)[C@@H](Cc1ccc(O)cc1)N(C)C(=O)[C@H](C)NC(=O)[C@H](O)CC(C)C)C(C)=O.[2HH].[2H][2H]. The summed E-state index contributed by atoms with van der Waals surface area (Å²) in [6.07, 6.45) is -0.374. The van der Waals surface area contributed by atoms with Crippen molar-refractivity contribution < 1.29 is 67.7 Å². The zero-order valence-electron chi connectivity index (χ0n) is 52.4. The maximum absolute atomic E-state index is 13.6. The number of hydrogen-bond donors (Lipinski definition) is 7. The van der Waals surface area contributed by atoms with Crippen molar-refractivity contribution in [2.75, 3.05) is 41.3 Å². The summed E-state index contributed by atoms with van der Waals surface area (Å²) >= 11 is 0. The number of carbonyl (C=O) groups is 10. The minimum absolute atomic E-state index is 0. The van der Waals surface area contributed by atoms with Gasteiger partial charge in [0.15, 0.2) is 11.6 Å². The molecule has 0 saturated carbocycles. The number of aliphatic hydroxyl groups excluding tert-OH is 2. The van der Waals surface area contributed by atoms with Crippen LogP contribution in [0, 0.1) is 30.6 Å². The molecule has 2 rings (SSSR count). The van der Waals surface area contributed by atoms with Crippen LogP contribution in [0.2, 0.25) is 0 Å². The Kier molecular flexibility index (Phi) is 29.8. The quantitative estimate of drug-likeness (QED) is 0.0590. The van der Waals surface area contributed by atoms with E-state index in [2.05, 4.69) is 21.3 Å². The number of phenols is 1. The molecule has 0 aromatic heterocycles. The largest absolute Gasteiger partial charge is 0.508 e. The molecule has 0 aliphatic carbocycles. The van der Waals surface area contributed by atoms with Crippen molar-refractivity contribution in [3.63, 3.8) is 0 Å². The first-order valence-electron chi connectivity index (χ1n) is 28.6. The van der Waals surface area contributed by atoms with Gasteiger partial charge < -0.3 is 56.2 Å². The molecule has 21 nitrogen and oxygen atoms in total. The molecule has 0 spiro atoms. The number of aliphatic hydroxyl groups is 2. The van der Waals surface area contributed by atoms with Crippen LogP contribution in [0.4, 0.5) is 0 Å². The molecule has 0 bridgehead atoms. The summed E-state index contributed by atoms with van der Waals surface area (Å²) < 4.78 is 10.0. The predicted octanol–water partition coefficient (Wildman–Crippen LogP) is 3.60. The summed E-state index contributed by atoms with van der Waals surface area (Å²) in [7, 11) is 5.82. The van der Waals surface area contributed by atoms with E-state index in [0.717, 1.165) is 11.1 Å². The van der Waals surface area contributed by atoms with Crippen molar-refractivity contribution in [3.05, 3.63) is 65.2 Å². The topological polar surface area (TPSA) is 292 Å². The second kappa shape index (κ2) is 34.4. The normalized spacial score (nSPS) is 15.0. The number of nitrogens with zero attached hydrogens (tertiary/aromatic N) is 4. The molecule has 2 aromatic rings. The monoisotopic (exact) mass is 1130 g/mol. The Hall–Kier alpha value is -6.74. The first-order chi connectivity index (χ1) is 38.2. The lowest BCUT2D eigenvalue weighted by Gasteiger charge is -2.33. The van der Waals surface area contributed by atoms with E-state index in [4.69, 9.17) is 2.97 Å². The standard InChI is InChI=1S/C30H48N4O6.C29H46N4O7.2H2/c1-10-20(5)27(22(7)35)32-26(37)17-33(8)30(40)24(16-23-13-11-19(4)12-14-23)34(9)29(39)21(6)31-28(38)25(36)15-18(2)3;1-9-18(4)26(20(6)34)31-25(37)16-32(7)29(40)23(15-21-10-12-22(35)13-11-21)33(8)28(39)19(5)30-27(38)24(36)14-17(2)3;;/h11-14,18,20-21,24-25,27,36H,10,15-17H2,1-9H3,(H,31,38)(H,32,37);10-13,17-19,23-24,26,35-36H,9,14-16H2,1-8H3,(H,30,38)(H,31,37);2*1H/t20?,21-,24+,25+,27-;18?,19-,23+,24+,26-;;/m00../s1/i;;1+1D;1+1. The number of carbonyl (C=O) groups excluding carboxylic acids is 10. The van der Waals surface area contributed by atoms with Crippen LogP contribution in [0.15, 0.2) is 48.5 Å². The third-order valence-electron chi connectivity index (χ3n) is 14.0. The third-order valence-corrected chi connectivity index (χ3v) is 14.0. The fourth-order valence-corrected chi connectivity index (χ4v) is 8.64. The number of phenolic OH excluding ortho intramolecular Hbond substituents is 1. The van der Waals surface area contributed by atoms with E-state index < -0.39 is 95.7 Å². The van der Waals surface area contributed by atoms with Gasteiger partial charge in [0.1, 0.15) is 42.1 Å². The molecule has 21 heteroatoms. The smallest absolute Gasteiger partial charge is 0.249 e. The molecule has 0 saturated heterocycles. The van der Waals surface area contributed by atoms with Crippen LogP contribution in [0.25, 0.3) is 0 Å². The number of benzene rings is 2. The molecule has 0 radical (unpaired) electrons. The minimum atomic E-state index is -1.27. The Balaban J connectivity index is 0. The number of amides is 8. The average Bonchev–Trinajstić information content (AvgIpc) is 3.42. The zero-order chi connectivity index (χ0) is 63.5. The first-order valence-corrected chi connectivity index (χ1v) is 27.6.